The van der Waals surface area contributed by atoms with Crippen LogP contribution >= 0.6 is 0 Å². The Labute approximate surface area is 117 Å². The molecule has 4 unspecified atom stereocenters. The van der Waals surface area contributed by atoms with Gasteiger partial charge in [-0.1, -0.05) is 0 Å². The van der Waals surface area contributed by atoms with Crippen molar-refractivity contribution in [3.8, 4) is 0 Å². The maximum absolute atomic E-state index is 3.60. The zero-order valence-electron chi connectivity index (χ0n) is 12.7. The highest BCUT2D eigenvalue weighted by Gasteiger charge is 2.53. The van der Waals surface area contributed by atoms with Gasteiger partial charge in [0.05, 0.1) is 0 Å². The van der Waals surface area contributed by atoms with E-state index in [0.717, 1.165) is 30.0 Å². The van der Waals surface area contributed by atoms with Gasteiger partial charge in [0, 0.05) is 43.3 Å². The van der Waals surface area contributed by atoms with Crippen molar-refractivity contribution in [2.45, 2.75) is 63.7 Å². The van der Waals surface area contributed by atoms with Gasteiger partial charge in [0.2, 0.25) is 0 Å². The third-order valence-electron chi connectivity index (χ3n) is 6.48. The summed E-state index contributed by atoms with van der Waals surface area (Å²) in [7, 11) is 0. The topological polar surface area (TPSA) is 18.5 Å². The molecule has 0 aromatic heterocycles. The van der Waals surface area contributed by atoms with Gasteiger partial charge in [-0.15, -0.1) is 0 Å². The molecule has 3 heterocycles. The molecule has 4 aliphatic rings. The lowest BCUT2D eigenvalue weighted by atomic mass is 9.84. The molecule has 0 spiro atoms. The lowest BCUT2D eigenvalue weighted by Gasteiger charge is -2.39. The molecule has 1 saturated carbocycles. The molecule has 4 fully saturated rings. The van der Waals surface area contributed by atoms with E-state index in [1.165, 1.54) is 45.4 Å². The zero-order chi connectivity index (χ0) is 13.2. The van der Waals surface area contributed by atoms with Gasteiger partial charge in [0.25, 0.3) is 0 Å². The third-order valence-corrected chi connectivity index (χ3v) is 6.48. The second-order valence-electron chi connectivity index (χ2n) is 8.00. The Balaban J connectivity index is 1.50. The molecule has 3 heteroatoms. The van der Waals surface area contributed by atoms with Crippen LogP contribution in [0.3, 0.4) is 0 Å². The van der Waals surface area contributed by atoms with Gasteiger partial charge in [-0.25, -0.2) is 0 Å². The summed E-state index contributed by atoms with van der Waals surface area (Å²) < 4.78 is 0. The lowest BCUT2D eigenvalue weighted by molar-refractivity contribution is 0.0907. The summed E-state index contributed by atoms with van der Waals surface area (Å²) in [6, 6.07) is 2.56. The summed E-state index contributed by atoms with van der Waals surface area (Å²) in [5.74, 6) is 1.78. The maximum Gasteiger partial charge on any atom is 0.0243 e. The van der Waals surface area contributed by atoms with Crippen molar-refractivity contribution < 1.29 is 0 Å². The van der Waals surface area contributed by atoms with E-state index in [4.69, 9.17) is 0 Å². The van der Waals surface area contributed by atoms with E-state index >= 15 is 0 Å². The molecule has 3 aliphatic heterocycles. The zero-order valence-corrected chi connectivity index (χ0v) is 12.7. The highest BCUT2D eigenvalue weighted by molar-refractivity contribution is 5.08. The van der Waals surface area contributed by atoms with Crippen molar-refractivity contribution in [2.24, 2.45) is 11.8 Å². The number of likely N-dealkylation sites (tertiary alicyclic amines) is 2. The molecule has 0 bridgehead atoms. The Hall–Kier alpha value is -0.120. The molecule has 0 radical (unpaired) electrons. The lowest BCUT2D eigenvalue weighted by Crippen LogP contribution is -2.50. The molecule has 0 amide bonds. The van der Waals surface area contributed by atoms with Crippen LogP contribution < -0.4 is 5.32 Å². The molecule has 0 aromatic carbocycles. The predicted octanol–water partition coefficient (Wildman–Crippen LogP) is 1.54. The van der Waals surface area contributed by atoms with E-state index in [1.807, 2.05) is 0 Å². The maximum atomic E-state index is 3.60. The first-order valence-electron chi connectivity index (χ1n) is 8.30. The van der Waals surface area contributed by atoms with Crippen LogP contribution in [-0.2, 0) is 0 Å². The van der Waals surface area contributed by atoms with Gasteiger partial charge in [-0.2, -0.15) is 0 Å². The fourth-order valence-electron chi connectivity index (χ4n) is 5.24. The number of fused-ring (bicyclic) bond motifs is 1. The summed E-state index contributed by atoms with van der Waals surface area (Å²) in [5, 5.41) is 3.60. The van der Waals surface area contributed by atoms with Crippen molar-refractivity contribution >= 4 is 0 Å². The first-order valence-corrected chi connectivity index (χ1v) is 8.30. The molecule has 3 nitrogen and oxygen atoms in total. The highest BCUT2D eigenvalue weighted by Crippen LogP contribution is 2.44. The van der Waals surface area contributed by atoms with Gasteiger partial charge in [0.1, 0.15) is 0 Å². The minimum absolute atomic E-state index is 0.401. The van der Waals surface area contributed by atoms with Gasteiger partial charge in [-0.3, -0.25) is 9.80 Å². The van der Waals surface area contributed by atoms with Gasteiger partial charge < -0.3 is 5.32 Å². The van der Waals surface area contributed by atoms with E-state index < -0.39 is 0 Å². The average Bonchev–Trinajstić information content (AvgIpc) is 2.86. The summed E-state index contributed by atoms with van der Waals surface area (Å²) in [6.07, 6.45) is 4.30. The normalized spacial score (nSPS) is 46.9. The minimum atomic E-state index is 0.401. The molecule has 3 saturated heterocycles. The van der Waals surface area contributed by atoms with Crippen molar-refractivity contribution in [2.75, 3.05) is 26.2 Å². The molecular formula is C16H29N3. The van der Waals surface area contributed by atoms with Crippen molar-refractivity contribution in [3.05, 3.63) is 0 Å². The third kappa shape index (κ3) is 1.89. The smallest absolute Gasteiger partial charge is 0.0243 e. The average molecular weight is 263 g/mol. The van der Waals surface area contributed by atoms with Crippen LogP contribution in [0.1, 0.15) is 40.0 Å². The van der Waals surface area contributed by atoms with Crippen LogP contribution in [0.25, 0.3) is 0 Å². The number of nitrogens with zero attached hydrogens (tertiary/aromatic N) is 2. The summed E-state index contributed by atoms with van der Waals surface area (Å²) in [4.78, 5) is 5.68. The van der Waals surface area contributed by atoms with Gasteiger partial charge >= 0.3 is 0 Å². The Morgan fingerprint density at radius 3 is 2.53 bits per heavy atom. The molecule has 4 atom stereocenters. The number of rotatable bonds is 2. The van der Waals surface area contributed by atoms with Crippen molar-refractivity contribution in [3.63, 3.8) is 0 Å². The minimum Gasteiger partial charge on any atom is -0.316 e. The fraction of sp³-hybridized carbons (Fsp3) is 1.00. The summed E-state index contributed by atoms with van der Waals surface area (Å²) in [6.45, 7) is 12.6. The Morgan fingerprint density at radius 1 is 1.05 bits per heavy atom. The van der Waals surface area contributed by atoms with Crippen LogP contribution in [0.15, 0.2) is 0 Å². The first-order chi connectivity index (χ1) is 9.07. The fourth-order valence-corrected chi connectivity index (χ4v) is 5.24. The van der Waals surface area contributed by atoms with Crippen LogP contribution in [0.5, 0.6) is 0 Å². The Bertz CT molecular complexity index is 363. The SMILES string of the molecule is CC1CC(N2CC3CNCC3C2(C)C)CN1C1CC1. The van der Waals surface area contributed by atoms with E-state index in [1.54, 1.807) is 0 Å². The van der Waals surface area contributed by atoms with Crippen LogP contribution in [0, 0.1) is 11.8 Å². The second kappa shape index (κ2) is 4.19. The number of nitrogens with one attached hydrogen (secondary N) is 1. The van der Waals surface area contributed by atoms with E-state index in [2.05, 4.69) is 35.9 Å². The Kier molecular flexibility index (Phi) is 2.78. The monoisotopic (exact) mass is 263 g/mol. The summed E-state index contributed by atoms with van der Waals surface area (Å²) >= 11 is 0. The van der Waals surface area contributed by atoms with Crippen LogP contribution in [0.4, 0.5) is 0 Å². The predicted molar refractivity (Wildman–Crippen MR) is 78.2 cm³/mol. The van der Waals surface area contributed by atoms with Crippen LogP contribution in [0.2, 0.25) is 0 Å². The highest BCUT2D eigenvalue weighted by atomic mass is 15.3. The quantitative estimate of drug-likeness (QED) is 0.815. The van der Waals surface area contributed by atoms with E-state index in [0.29, 0.717) is 5.54 Å². The van der Waals surface area contributed by atoms with Crippen LogP contribution in [-0.4, -0.2) is 59.6 Å². The number of hydrogen-bond acceptors (Lipinski definition) is 3. The van der Waals surface area contributed by atoms with Gasteiger partial charge in [0.15, 0.2) is 0 Å². The standard InChI is InChI=1S/C16H29N3/c1-11-6-14(10-18(11)13-4-5-13)19-9-12-7-17-8-15(12)16(19,2)3/h11-15,17H,4-10H2,1-3H3. The molecule has 19 heavy (non-hydrogen) atoms. The second-order valence-corrected chi connectivity index (χ2v) is 8.00. The molecule has 4 rings (SSSR count). The largest absolute Gasteiger partial charge is 0.316 e. The van der Waals surface area contributed by atoms with E-state index in [9.17, 15) is 0 Å². The molecular weight excluding hydrogens is 234 g/mol. The van der Waals surface area contributed by atoms with Gasteiger partial charge in [-0.05, 0) is 58.4 Å². The molecule has 1 aliphatic carbocycles. The number of hydrogen-bond donors (Lipinski definition) is 1. The van der Waals surface area contributed by atoms with Crippen molar-refractivity contribution in [1.29, 1.82) is 0 Å². The Morgan fingerprint density at radius 2 is 1.84 bits per heavy atom. The molecule has 108 valence electrons. The first kappa shape index (κ1) is 12.6. The summed E-state index contributed by atoms with van der Waals surface area (Å²) in [5.41, 5.74) is 0.401. The van der Waals surface area contributed by atoms with Crippen molar-refractivity contribution in [1.82, 2.24) is 15.1 Å². The van der Waals surface area contributed by atoms with E-state index in [-0.39, 0.29) is 0 Å². The molecule has 1 N–H and O–H groups in total. The molecule has 0 aromatic rings.